The molecule has 8 heteroatoms. The zero-order valence-corrected chi connectivity index (χ0v) is 24.7. The van der Waals surface area contributed by atoms with E-state index in [4.69, 9.17) is 23.2 Å². The molecular formula is C32H39Cl2N5O. The van der Waals surface area contributed by atoms with E-state index in [-0.39, 0.29) is 6.03 Å². The van der Waals surface area contributed by atoms with E-state index in [2.05, 4.69) is 55.7 Å². The van der Waals surface area contributed by atoms with E-state index < -0.39 is 0 Å². The molecule has 0 bridgehead atoms. The second kappa shape index (κ2) is 13.8. The number of nitrogens with zero attached hydrogens (tertiary/aromatic N) is 3. The lowest BCUT2D eigenvalue weighted by molar-refractivity contribution is 0.175. The molecule has 0 radical (unpaired) electrons. The molecule has 0 saturated carbocycles. The van der Waals surface area contributed by atoms with Crippen LogP contribution in [0.25, 0.3) is 11.1 Å². The second-order valence-electron chi connectivity index (χ2n) is 11.2. The van der Waals surface area contributed by atoms with Crippen LogP contribution in [-0.2, 0) is 13.1 Å². The first-order chi connectivity index (χ1) is 19.4. The molecular weight excluding hydrogens is 541 g/mol. The van der Waals surface area contributed by atoms with E-state index in [0.717, 1.165) is 69.8 Å². The first kappa shape index (κ1) is 28.9. The Morgan fingerprint density at radius 3 is 1.95 bits per heavy atom. The summed E-state index contributed by atoms with van der Waals surface area (Å²) in [4.78, 5) is 20.8. The van der Waals surface area contributed by atoms with E-state index in [1.165, 1.54) is 29.5 Å². The van der Waals surface area contributed by atoms with Crippen molar-refractivity contribution in [2.45, 2.75) is 44.7 Å². The van der Waals surface area contributed by atoms with Gasteiger partial charge in [0.25, 0.3) is 0 Å². The van der Waals surface area contributed by atoms with Crippen molar-refractivity contribution in [1.29, 1.82) is 0 Å². The van der Waals surface area contributed by atoms with E-state index in [0.29, 0.717) is 21.9 Å². The summed E-state index contributed by atoms with van der Waals surface area (Å²) in [6.45, 7) is 6.83. The molecule has 5 rings (SSSR count). The van der Waals surface area contributed by atoms with Gasteiger partial charge in [-0.2, -0.15) is 0 Å². The van der Waals surface area contributed by atoms with Crippen molar-refractivity contribution < 1.29 is 4.79 Å². The Kier molecular flexibility index (Phi) is 9.97. The van der Waals surface area contributed by atoms with Crippen LogP contribution < -0.4 is 10.6 Å². The van der Waals surface area contributed by atoms with Crippen molar-refractivity contribution in [3.63, 3.8) is 0 Å². The molecule has 2 saturated heterocycles. The number of carbonyl (C=O) groups excluding carboxylic acids is 1. The Bertz CT molecular complexity index is 1250. The smallest absolute Gasteiger partial charge is 0.314 e. The second-order valence-corrected chi connectivity index (χ2v) is 12.1. The van der Waals surface area contributed by atoms with Gasteiger partial charge in [0.05, 0.1) is 0 Å². The maximum Gasteiger partial charge on any atom is 0.314 e. The summed E-state index contributed by atoms with van der Waals surface area (Å²) in [7, 11) is 1.66. The number of nitrogens with one attached hydrogen (secondary N) is 2. The molecule has 2 aromatic carbocycles. The zero-order valence-electron chi connectivity index (χ0n) is 23.2. The summed E-state index contributed by atoms with van der Waals surface area (Å²) in [5, 5.41) is 6.90. The molecule has 2 fully saturated rings. The number of piperidine rings is 2. The lowest BCUT2D eigenvalue weighted by Gasteiger charge is -2.33. The highest BCUT2D eigenvalue weighted by Gasteiger charge is 2.22. The van der Waals surface area contributed by atoms with E-state index >= 15 is 0 Å². The number of benzene rings is 2. The maximum atomic E-state index is 11.6. The number of amides is 2. The highest BCUT2D eigenvalue weighted by atomic mass is 35.5. The number of likely N-dealkylation sites (tertiary alicyclic amines) is 2. The topological polar surface area (TPSA) is 60.5 Å². The molecule has 6 nitrogen and oxygen atoms in total. The largest absolute Gasteiger partial charge is 0.341 e. The molecule has 0 aliphatic carbocycles. The Hall–Kier alpha value is -2.64. The predicted octanol–water partition coefficient (Wildman–Crippen LogP) is 6.58. The number of pyridine rings is 1. The number of carbonyl (C=O) groups is 1. The molecule has 2 aliphatic rings. The fourth-order valence-corrected chi connectivity index (χ4v) is 6.61. The lowest BCUT2D eigenvalue weighted by atomic mass is 9.90. The Morgan fingerprint density at radius 1 is 0.825 bits per heavy atom. The monoisotopic (exact) mass is 579 g/mol. The third-order valence-electron chi connectivity index (χ3n) is 8.31. The Labute approximate surface area is 248 Å². The molecule has 0 spiro atoms. The van der Waals surface area contributed by atoms with E-state index in [1.54, 1.807) is 13.1 Å². The first-order valence-corrected chi connectivity index (χ1v) is 15.1. The summed E-state index contributed by atoms with van der Waals surface area (Å²) < 4.78 is 0. The molecule has 2 N–H and O–H groups in total. The highest BCUT2D eigenvalue weighted by Crippen LogP contribution is 2.32. The Morgan fingerprint density at radius 2 is 1.38 bits per heavy atom. The molecule has 212 valence electrons. The normalized spacial score (nSPS) is 17.6. The third kappa shape index (κ3) is 7.97. The fraction of sp³-hybridized carbons (Fsp3) is 0.438. The number of hydrogen-bond acceptors (Lipinski definition) is 4. The molecule has 40 heavy (non-hydrogen) atoms. The van der Waals surface area contributed by atoms with Crippen LogP contribution in [0.1, 0.15) is 48.3 Å². The van der Waals surface area contributed by atoms with Crippen LogP contribution in [0.4, 0.5) is 4.79 Å². The summed E-state index contributed by atoms with van der Waals surface area (Å²) in [6.07, 6.45) is 8.33. The van der Waals surface area contributed by atoms with Crippen LogP contribution in [0.3, 0.4) is 0 Å². The van der Waals surface area contributed by atoms with Crippen LogP contribution in [0, 0.1) is 5.92 Å². The van der Waals surface area contributed by atoms with Crippen LogP contribution in [0.2, 0.25) is 10.0 Å². The van der Waals surface area contributed by atoms with Crippen LogP contribution in [-0.4, -0.2) is 60.6 Å². The van der Waals surface area contributed by atoms with Gasteiger partial charge in [0, 0.05) is 49.1 Å². The van der Waals surface area contributed by atoms with Crippen LogP contribution in [0.15, 0.2) is 60.9 Å². The minimum Gasteiger partial charge on any atom is -0.341 e. The summed E-state index contributed by atoms with van der Waals surface area (Å²) in [6, 6.07) is 17.0. The van der Waals surface area contributed by atoms with Gasteiger partial charge in [0.15, 0.2) is 0 Å². The summed E-state index contributed by atoms with van der Waals surface area (Å²) in [5.41, 5.74) is 6.27. The van der Waals surface area contributed by atoms with Crippen molar-refractivity contribution in [2.75, 3.05) is 39.8 Å². The van der Waals surface area contributed by atoms with Gasteiger partial charge in [-0.3, -0.25) is 14.8 Å². The van der Waals surface area contributed by atoms with Gasteiger partial charge < -0.3 is 10.6 Å². The highest BCUT2D eigenvalue weighted by molar-refractivity contribution is 6.35. The van der Waals surface area contributed by atoms with Gasteiger partial charge >= 0.3 is 6.03 Å². The van der Waals surface area contributed by atoms with Crippen molar-refractivity contribution in [1.82, 2.24) is 25.4 Å². The van der Waals surface area contributed by atoms with E-state index in [9.17, 15) is 4.79 Å². The van der Waals surface area contributed by atoms with Gasteiger partial charge in [-0.05, 0) is 134 Å². The average molecular weight is 581 g/mol. The minimum absolute atomic E-state index is 0.102. The quantitative estimate of drug-likeness (QED) is 0.316. The lowest BCUT2D eigenvalue weighted by Crippen LogP contribution is -2.40. The van der Waals surface area contributed by atoms with Crippen LogP contribution in [0.5, 0.6) is 0 Å². The third-order valence-corrected chi connectivity index (χ3v) is 8.75. The number of rotatable bonds is 8. The summed E-state index contributed by atoms with van der Waals surface area (Å²) in [5.74, 6) is 1.14. The van der Waals surface area contributed by atoms with Gasteiger partial charge in [-0.1, -0.05) is 29.3 Å². The molecule has 0 atom stereocenters. The number of aromatic nitrogens is 1. The van der Waals surface area contributed by atoms with Gasteiger partial charge in [-0.25, -0.2) is 4.79 Å². The van der Waals surface area contributed by atoms with Crippen LogP contribution >= 0.6 is 23.2 Å². The molecule has 3 heterocycles. The van der Waals surface area contributed by atoms with E-state index in [1.807, 2.05) is 24.5 Å². The minimum atomic E-state index is -0.102. The summed E-state index contributed by atoms with van der Waals surface area (Å²) >= 11 is 12.8. The number of urea groups is 1. The first-order valence-electron chi connectivity index (χ1n) is 14.3. The van der Waals surface area contributed by atoms with Gasteiger partial charge in [0.2, 0.25) is 0 Å². The van der Waals surface area contributed by atoms with Gasteiger partial charge in [-0.15, -0.1) is 0 Å². The fourth-order valence-electron chi connectivity index (χ4n) is 6.08. The predicted molar refractivity (Wildman–Crippen MR) is 164 cm³/mol. The maximum absolute atomic E-state index is 11.6. The van der Waals surface area contributed by atoms with Crippen molar-refractivity contribution in [2.24, 2.45) is 5.92 Å². The molecule has 1 aromatic heterocycles. The average Bonchev–Trinajstić information content (AvgIpc) is 2.97. The molecule has 2 aliphatic heterocycles. The molecule has 3 aromatic rings. The molecule has 0 unspecified atom stereocenters. The number of hydrogen-bond donors (Lipinski definition) is 2. The van der Waals surface area contributed by atoms with Crippen molar-refractivity contribution in [3.05, 3.63) is 87.7 Å². The standard InChI is InChI=1S/C32H39Cl2N5O/c1-35-32(40)37-20-23-4-10-38(11-5-23)21-24-14-25(16-28(15-24)29-17-30(33)19-31(34)18-29)22-39-12-6-27(7-13-39)26-2-8-36-9-3-26/h2-3,8-9,14-19,23,27H,4-7,10-13,20-22H2,1H3,(H2,35,37,40). The van der Waals surface area contributed by atoms with Crippen molar-refractivity contribution >= 4 is 29.2 Å². The number of halogens is 2. The Balaban J connectivity index is 1.27. The SMILES string of the molecule is CNC(=O)NCC1CCN(Cc2cc(CN3CCC(c4ccncc4)CC3)cc(-c3cc(Cl)cc(Cl)c3)c2)CC1. The van der Waals surface area contributed by atoms with Crippen molar-refractivity contribution in [3.8, 4) is 11.1 Å². The molecule has 2 amide bonds. The van der Waals surface area contributed by atoms with Gasteiger partial charge in [0.1, 0.15) is 0 Å². The zero-order chi connectivity index (χ0) is 27.9.